The molecule has 1 fully saturated rings. The first kappa shape index (κ1) is 21.5. The Morgan fingerprint density at radius 2 is 1.84 bits per heavy atom. The van der Waals surface area contributed by atoms with E-state index in [0.717, 1.165) is 58.4 Å². The lowest BCUT2D eigenvalue weighted by Crippen LogP contribution is -2.38. The fourth-order valence-electron chi connectivity index (χ4n) is 3.89. The molecule has 31 heavy (non-hydrogen) atoms. The van der Waals surface area contributed by atoms with Gasteiger partial charge in [-0.15, -0.1) is 0 Å². The number of nitrogens with zero attached hydrogens (tertiary/aromatic N) is 3. The van der Waals surface area contributed by atoms with Crippen LogP contribution in [-0.4, -0.2) is 45.2 Å². The van der Waals surface area contributed by atoms with Crippen molar-refractivity contribution in [3.05, 3.63) is 70.9 Å². The van der Waals surface area contributed by atoms with E-state index in [0.29, 0.717) is 18.7 Å². The molecule has 2 aromatic carbocycles. The van der Waals surface area contributed by atoms with Gasteiger partial charge >= 0.3 is 0 Å². The molecular weight excluding hydrogens is 406 g/mol. The number of amides is 1. The Labute approximate surface area is 188 Å². The average molecular weight is 436 g/mol. The predicted octanol–water partition coefficient (Wildman–Crippen LogP) is 5.10. The highest BCUT2D eigenvalue weighted by Gasteiger charge is 2.22. The van der Waals surface area contributed by atoms with Gasteiger partial charge < -0.3 is 9.64 Å². The van der Waals surface area contributed by atoms with Crippen LogP contribution < -0.4 is 4.74 Å². The van der Waals surface area contributed by atoms with Gasteiger partial charge in [-0.2, -0.15) is 21.5 Å². The molecule has 1 aromatic heterocycles. The molecule has 0 spiro atoms. The summed E-state index contributed by atoms with van der Waals surface area (Å²) in [4.78, 5) is 14.8. The third-order valence-corrected chi connectivity index (χ3v) is 6.58. The summed E-state index contributed by atoms with van der Waals surface area (Å²) in [5.74, 6) is 3.73. The standard InChI is InChI=1S/C25H29N3O2S/c1-18-7-6-9-21(17-18)30-25-22(11-12-24(29)27-13-15-31-16-14-27)20(3)26-28(25)23-10-5-4-8-19(23)2/h4-10,17H,11-16H2,1-3H3. The number of rotatable bonds is 6. The van der Waals surface area contributed by atoms with E-state index in [4.69, 9.17) is 9.84 Å². The van der Waals surface area contributed by atoms with Gasteiger partial charge in [0, 0.05) is 36.6 Å². The van der Waals surface area contributed by atoms with Crippen molar-refractivity contribution in [2.45, 2.75) is 33.6 Å². The summed E-state index contributed by atoms with van der Waals surface area (Å²) in [6.07, 6.45) is 1.08. The van der Waals surface area contributed by atoms with Crippen molar-refractivity contribution in [2.24, 2.45) is 0 Å². The molecule has 0 bridgehead atoms. The van der Waals surface area contributed by atoms with Gasteiger partial charge in [0.25, 0.3) is 0 Å². The number of hydrogen-bond acceptors (Lipinski definition) is 4. The quantitative estimate of drug-likeness (QED) is 0.541. The number of aromatic nitrogens is 2. The molecule has 1 aliphatic rings. The van der Waals surface area contributed by atoms with Gasteiger partial charge in [0.15, 0.2) is 0 Å². The van der Waals surface area contributed by atoms with Crippen molar-refractivity contribution in [1.82, 2.24) is 14.7 Å². The Kier molecular flexibility index (Phi) is 6.66. The topological polar surface area (TPSA) is 47.4 Å². The zero-order chi connectivity index (χ0) is 21.8. The molecule has 0 atom stereocenters. The maximum atomic E-state index is 12.8. The number of thioether (sulfide) groups is 1. The van der Waals surface area contributed by atoms with Crippen LogP contribution in [0.4, 0.5) is 0 Å². The molecule has 0 radical (unpaired) electrons. The summed E-state index contributed by atoms with van der Waals surface area (Å²) in [6, 6.07) is 16.2. The first-order valence-electron chi connectivity index (χ1n) is 10.8. The molecule has 0 aliphatic carbocycles. The maximum absolute atomic E-state index is 12.8. The van der Waals surface area contributed by atoms with E-state index in [2.05, 4.69) is 13.0 Å². The van der Waals surface area contributed by atoms with E-state index >= 15 is 0 Å². The zero-order valence-corrected chi connectivity index (χ0v) is 19.2. The van der Waals surface area contributed by atoms with Crippen LogP contribution in [0.5, 0.6) is 11.6 Å². The molecule has 6 heteroatoms. The first-order valence-corrected chi connectivity index (χ1v) is 11.9. The fourth-order valence-corrected chi connectivity index (χ4v) is 4.79. The molecule has 1 aliphatic heterocycles. The smallest absolute Gasteiger partial charge is 0.226 e. The molecule has 1 amide bonds. The second-order valence-electron chi connectivity index (χ2n) is 7.98. The molecular formula is C25H29N3O2S. The van der Waals surface area contributed by atoms with Crippen LogP contribution in [0.1, 0.15) is 28.8 Å². The first-order chi connectivity index (χ1) is 15.0. The highest BCUT2D eigenvalue weighted by molar-refractivity contribution is 7.99. The van der Waals surface area contributed by atoms with E-state index in [1.165, 1.54) is 0 Å². The lowest BCUT2D eigenvalue weighted by molar-refractivity contribution is -0.130. The summed E-state index contributed by atoms with van der Waals surface area (Å²) >= 11 is 1.91. The number of hydrogen-bond donors (Lipinski definition) is 0. The van der Waals surface area contributed by atoms with Crippen LogP contribution in [0.15, 0.2) is 48.5 Å². The number of carbonyl (C=O) groups excluding carboxylic acids is 1. The zero-order valence-electron chi connectivity index (χ0n) is 18.4. The number of benzene rings is 2. The van der Waals surface area contributed by atoms with Crippen molar-refractivity contribution in [1.29, 1.82) is 0 Å². The van der Waals surface area contributed by atoms with Gasteiger partial charge in [0.05, 0.1) is 11.4 Å². The van der Waals surface area contributed by atoms with Crippen LogP contribution in [0, 0.1) is 20.8 Å². The molecule has 162 valence electrons. The van der Waals surface area contributed by atoms with Crippen molar-refractivity contribution < 1.29 is 9.53 Å². The number of carbonyl (C=O) groups is 1. The molecule has 0 saturated carbocycles. The molecule has 0 unspecified atom stereocenters. The lowest BCUT2D eigenvalue weighted by atomic mass is 10.1. The highest BCUT2D eigenvalue weighted by atomic mass is 32.2. The Morgan fingerprint density at radius 1 is 1.06 bits per heavy atom. The van der Waals surface area contributed by atoms with Gasteiger partial charge in [-0.25, -0.2) is 0 Å². The summed E-state index contributed by atoms with van der Waals surface area (Å²) < 4.78 is 8.28. The number of aryl methyl sites for hydroxylation is 3. The van der Waals surface area contributed by atoms with Gasteiger partial charge in [0.2, 0.25) is 11.8 Å². The van der Waals surface area contributed by atoms with Crippen LogP contribution >= 0.6 is 11.8 Å². The Hall–Kier alpha value is -2.73. The predicted molar refractivity (Wildman–Crippen MR) is 127 cm³/mol. The van der Waals surface area contributed by atoms with E-state index in [9.17, 15) is 4.79 Å². The molecule has 0 N–H and O–H groups in total. The summed E-state index contributed by atoms with van der Waals surface area (Å²) in [5.41, 5.74) is 5.12. The highest BCUT2D eigenvalue weighted by Crippen LogP contribution is 2.33. The lowest BCUT2D eigenvalue weighted by Gasteiger charge is -2.26. The summed E-state index contributed by atoms with van der Waals surface area (Å²) in [7, 11) is 0. The minimum absolute atomic E-state index is 0.213. The number of ether oxygens (including phenoxy) is 1. The number of para-hydroxylation sites is 1. The molecule has 2 heterocycles. The molecule has 4 rings (SSSR count). The van der Waals surface area contributed by atoms with Crippen LogP contribution in [0.25, 0.3) is 5.69 Å². The second kappa shape index (κ2) is 9.60. The Bertz CT molecular complexity index is 1070. The fraction of sp³-hybridized carbons (Fsp3) is 0.360. The van der Waals surface area contributed by atoms with Crippen LogP contribution in [0.3, 0.4) is 0 Å². The van der Waals surface area contributed by atoms with Gasteiger partial charge in [0.1, 0.15) is 5.75 Å². The largest absolute Gasteiger partial charge is 0.439 e. The average Bonchev–Trinajstić information content (AvgIpc) is 3.07. The molecule has 1 saturated heterocycles. The van der Waals surface area contributed by atoms with Crippen LogP contribution in [-0.2, 0) is 11.2 Å². The summed E-state index contributed by atoms with van der Waals surface area (Å²) in [5, 5.41) is 4.81. The maximum Gasteiger partial charge on any atom is 0.226 e. The third-order valence-electron chi connectivity index (χ3n) is 5.64. The van der Waals surface area contributed by atoms with Crippen molar-refractivity contribution in [2.75, 3.05) is 24.6 Å². The minimum atomic E-state index is 0.213. The Morgan fingerprint density at radius 3 is 2.58 bits per heavy atom. The van der Waals surface area contributed by atoms with E-state index < -0.39 is 0 Å². The second-order valence-corrected chi connectivity index (χ2v) is 9.20. The normalized spacial score (nSPS) is 14.0. The van der Waals surface area contributed by atoms with Crippen molar-refractivity contribution in [3.63, 3.8) is 0 Å². The van der Waals surface area contributed by atoms with Gasteiger partial charge in [-0.05, 0) is 56.5 Å². The SMILES string of the molecule is Cc1cccc(Oc2c(CCC(=O)N3CCSCC3)c(C)nn2-c2ccccc2C)c1. The van der Waals surface area contributed by atoms with Crippen LogP contribution in [0.2, 0.25) is 0 Å². The van der Waals surface area contributed by atoms with E-state index in [1.54, 1.807) is 0 Å². The molecule has 3 aromatic rings. The van der Waals surface area contributed by atoms with Crippen molar-refractivity contribution >= 4 is 17.7 Å². The Balaban J connectivity index is 1.66. The van der Waals surface area contributed by atoms with Gasteiger partial charge in [-0.1, -0.05) is 30.3 Å². The third kappa shape index (κ3) is 4.96. The van der Waals surface area contributed by atoms with Crippen molar-refractivity contribution in [3.8, 4) is 17.3 Å². The monoisotopic (exact) mass is 435 g/mol. The summed E-state index contributed by atoms with van der Waals surface area (Å²) in [6.45, 7) is 7.80. The molecule has 5 nitrogen and oxygen atoms in total. The van der Waals surface area contributed by atoms with E-state index in [1.807, 2.05) is 77.7 Å². The van der Waals surface area contributed by atoms with Gasteiger partial charge in [-0.3, -0.25) is 4.79 Å². The minimum Gasteiger partial charge on any atom is -0.439 e. The van der Waals surface area contributed by atoms with E-state index in [-0.39, 0.29) is 5.91 Å².